The van der Waals surface area contributed by atoms with Gasteiger partial charge in [0.05, 0.1) is 6.61 Å². The van der Waals surface area contributed by atoms with Gasteiger partial charge in [-0.3, -0.25) is 0 Å². The lowest BCUT2D eigenvalue weighted by Gasteiger charge is -2.10. The van der Waals surface area contributed by atoms with Crippen molar-refractivity contribution in [3.8, 4) is 5.88 Å². The van der Waals surface area contributed by atoms with Gasteiger partial charge in [0, 0.05) is 19.9 Å². The van der Waals surface area contributed by atoms with E-state index in [4.69, 9.17) is 15.0 Å². The summed E-state index contributed by atoms with van der Waals surface area (Å²) in [7, 11) is 0. The minimum Gasteiger partial charge on any atom is -0.476 e. The summed E-state index contributed by atoms with van der Waals surface area (Å²) >= 11 is 0. The maximum absolute atomic E-state index is 5.95. The number of ether oxygens (including phenoxy) is 1. The van der Waals surface area contributed by atoms with Crippen LogP contribution in [0.2, 0.25) is 0 Å². The molecule has 0 aliphatic heterocycles. The number of nitrogens with two attached hydrogens (primary N) is 1. The van der Waals surface area contributed by atoms with E-state index in [1.807, 2.05) is 6.92 Å². The molecule has 20 heavy (non-hydrogen) atoms. The fourth-order valence-electron chi connectivity index (χ4n) is 1.57. The van der Waals surface area contributed by atoms with E-state index in [9.17, 15) is 0 Å². The van der Waals surface area contributed by atoms with Gasteiger partial charge in [0.1, 0.15) is 12.0 Å². The Morgan fingerprint density at radius 2 is 2.25 bits per heavy atom. The molecule has 2 heterocycles. The molecule has 0 saturated carbocycles. The smallest absolute Gasteiger partial charge is 0.242 e. The third-order valence-corrected chi connectivity index (χ3v) is 2.50. The van der Waals surface area contributed by atoms with Gasteiger partial charge < -0.3 is 20.3 Å². The first-order valence-electron chi connectivity index (χ1n) is 6.47. The molecule has 0 aromatic carbocycles. The topological polar surface area (TPSA) is 112 Å². The molecule has 3 N–H and O–H groups in total. The van der Waals surface area contributed by atoms with Crippen LogP contribution in [0, 0.1) is 6.92 Å². The summed E-state index contributed by atoms with van der Waals surface area (Å²) in [5, 5.41) is 6.92. The molecule has 0 aliphatic carbocycles. The van der Waals surface area contributed by atoms with Gasteiger partial charge in [-0.2, -0.15) is 9.97 Å². The van der Waals surface area contributed by atoms with E-state index >= 15 is 0 Å². The quantitative estimate of drug-likeness (QED) is 0.776. The average Bonchev–Trinajstić information content (AvgIpc) is 2.85. The lowest BCUT2D eigenvalue weighted by molar-refractivity contribution is 0.306. The predicted molar refractivity (Wildman–Crippen MR) is 73.5 cm³/mol. The van der Waals surface area contributed by atoms with Crippen LogP contribution in [-0.2, 0) is 6.42 Å². The lowest BCUT2D eigenvalue weighted by Crippen LogP contribution is -2.11. The maximum atomic E-state index is 5.95. The molecule has 8 nitrogen and oxygen atoms in total. The second kappa shape index (κ2) is 6.69. The van der Waals surface area contributed by atoms with E-state index in [1.165, 1.54) is 6.33 Å². The third-order valence-electron chi connectivity index (χ3n) is 2.50. The van der Waals surface area contributed by atoms with Crippen molar-refractivity contribution in [3.05, 3.63) is 18.0 Å². The molecule has 0 radical (unpaired) electrons. The Morgan fingerprint density at radius 1 is 1.40 bits per heavy atom. The van der Waals surface area contributed by atoms with E-state index in [1.54, 1.807) is 6.92 Å². The van der Waals surface area contributed by atoms with Gasteiger partial charge in [-0.1, -0.05) is 12.1 Å². The van der Waals surface area contributed by atoms with Crippen LogP contribution in [0.3, 0.4) is 0 Å². The first-order chi connectivity index (χ1) is 9.70. The molecule has 0 bridgehead atoms. The third kappa shape index (κ3) is 3.56. The standard InChI is InChI=1S/C12H18N6O2/c1-3-6-19-12-10(13)11(15-7-16-12)14-5-4-9-17-8(2)20-18-9/h7H,3-6,13H2,1-2H3,(H,14,15,16). The molecule has 108 valence electrons. The Bertz CT molecular complexity index is 557. The van der Waals surface area contributed by atoms with Gasteiger partial charge in [-0.05, 0) is 6.42 Å². The molecule has 0 spiro atoms. The highest BCUT2D eigenvalue weighted by molar-refractivity contribution is 5.66. The molecule has 0 fully saturated rings. The van der Waals surface area contributed by atoms with Crippen LogP contribution < -0.4 is 15.8 Å². The first-order valence-corrected chi connectivity index (χ1v) is 6.47. The number of anilines is 2. The summed E-state index contributed by atoms with van der Waals surface area (Å²) in [6.07, 6.45) is 2.93. The highest BCUT2D eigenvalue weighted by Gasteiger charge is 2.09. The van der Waals surface area contributed by atoms with Crippen molar-refractivity contribution >= 4 is 11.5 Å². The summed E-state index contributed by atoms with van der Waals surface area (Å²) in [6.45, 7) is 4.93. The van der Waals surface area contributed by atoms with Crippen molar-refractivity contribution in [1.29, 1.82) is 0 Å². The van der Waals surface area contributed by atoms with Gasteiger partial charge in [-0.25, -0.2) is 4.98 Å². The van der Waals surface area contributed by atoms with Crippen LogP contribution in [0.25, 0.3) is 0 Å². The molecule has 0 aliphatic rings. The number of nitrogens with one attached hydrogen (secondary N) is 1. The number of aryl methyl sites for hydroxylation is 1. The van der Waals surface area contributed by atoms with Crippen molar-refractivity contribution in [3.63, 3.8) is 0 Å². The zero-order chi connectivity index (χ0) is 14.4. The molecule has 2 rings (SSSR count). The second-order valence-electron chi connectivity index (χ2n) is 4.20. The molecule has 2 aromatic heterocycles. The number of rotatable bonds is 7. The van der Waals surface area contributed by atoms with Crippen LogP contribution in [0.5, 0.6) is 5.88 Å². The first kappa shape index (κ1) is 14.0. The average molecular weight is 278 g/mol. The fourth-order valence-corrected chi connectivity index (χ4v) is 1.57. The zero-order valence-electron chi connectivity index (χ0n) is 11.6. The summed E-state index contributed by atoms with van der Waals surface area (Å²) < 4.78 is 10.3. The number of nitrogen functional groups attached to an aromatic ring is 1. The minimum atomic E-state index is 0.403. The highest BCUT2D eigenvalue weighted by Crippen LogP contribution is 2.24. The summed E-state index contributed by atoms with van der Waals surface area (Å²) in [4.78, 5) is 12.2. The maximum Gasteiger partial charge on any atom is 0.242 e. The fraction of sp³-hybridized carbons (Fsp3) is 0.500. The van der Waals surface area contributed by atoms with Crippen LogP contribution in [-0.4, -0.2) is 33.3 Å². The molecular weight excluding hydrogens is 260 g/mol. The van der Waals surface area contributed by atoms with Gasteiger partial charge in [-0.15, -0.1) is 0 Å². The Labute approximate surface area is 116 Å². The molecule has 0 unspecified atom stereocenters. The normalized spacial score (nSPS) is 10.5. The Hall–Kier alpha value is -2.38. The number of hydrogen-bond donors (Lipinski definition) is 2. The largest absolute Gasteiger partial charge is 0.476 e. The number of hydrogen-bond acceptors (Lipinski definition) is 8. The van der Waals surface area contributed by atoms with Crippen molar-refractivity contribution in [2.24, 2.45) is 0 Å². The molecule has 0 amide bonds. The SMILES string of the molecule is CCCOc1ncnc(NCCc2noc(C)n2)c1N. The Kier molecular flexibility index (Phi) is 4.70. The van der Waals surface area contributed by atoms with E-state index in [0.29, 0.717) is 48.7 Å². The van der Waals surface area contributed by atoms with E-state index in [2.05, 4.69) is 25.4 Å². The van der Waals surface area contributed by atoms with Crippen LogP contribution >= 0.6 is 0 Å². The van der Waals surface area contributed by atoms with Gasteiger partial charge in [0.2, 0.25) is 11.8 Å². The number of aromatic nitrogens is 4. The van der Waals surface area contributed by atoms with Crippen molar-refractivity contribution < 1.29 is 9.26 Å². The summed E-state index contributed by atoms with van der Waals surface area (Å²) in [6, 6.07) is 0. The summed E-state index contributed by atoms with van der Waals surface area (Å²) in [5.74, 6) is 2.15. The van der Waals surface area contributed by atoms with Gasteiger partial charge in [0.15, 0.2) is 11.6 Å². The molecular formula is C12H18N6O2. The van der Waals surface area contributed by atoms with Crippen molar-refractivity contribution in [2.45, 2.75) is 26.7 Å². The zero-order valence-corrected chi connectivity index (χ0v) is 11.6. The minimum absolute atomic E-state index is 0.403. The number of nitrogens with zero attached hydrogens (tertiary/aromatic N) is 4. The Morgan fingerprint density at radius 3 is 2.95 bits per heavy atom. The Balaban J connectivity index is 1.92. The lowest BCUT2D eigenvalue weighted by atomic mass is 10.4. The van der Waals surface area contributed by atoms with Gasteiger partial charge in [0.25, 0.3) is 0 Å². The molecule has 2 aromatic rings. The van der Waals surface area contributed by atoms with Crippen molar-refractivity contribution in [1.82, 2.24) is 20.1 Å². The summed E-state index contributed by atoms with van der Waals surface area (Å²) in [5.41, 5.74) is 6.35. The van der Waals surface area contributed by atoms with E-state index in [0.717, 1.165) is 6.42 Å². The molecule has 8 heteroatoms. The highest BCUT2D eigenvalue weighted by atomic mass is 16.5. The second-order valence-corrected chi connectivity index (χ2v) is 4.20. The monoisotopic (exact) mass is 278 g/mol. The van der Waals surface area contributed by atoms with Crippen molar-refractivity contribution in [2.75, 3.05) is 24.2 Å². The predicted octanol–water partition coefficient (Wildman–Crippen LogP) is 1.19. The van der Waals surface area contributed by atoms with E-state index in [-0.39, 0.29) is 0 Å². The van der Waals surface area contributed by atoms with Crippen LogP contribution in [0.15, 0.2) is 10.9 Å². The van der Waals surface area contributed by atoms with Crippen LogP contribution in [0.4, 0.5) is 11.5 Å². The van der Waals surface area contributed by atoms with Crippen LogP contribution in [0.1, 0.15) is 25.1 Å². The van der Waals surface area contributed by atoms with E-state index < -0.39 is 0 Å². The van der Waals surface area contributed by atoms with Gasteiger partial charge >= 0.3 is 0 Å². The molecule has 0 saturated heterocycles. The molecule has 0 atom stereocenters.